The molecule has 80 valence electrons. The molecule has 0 saturated heterocycles. The highest BCUT2D eigenvalue weighted by Crippen LogP contribution is 2.27. The highest BCUT2D eigenvalue weighted by atomic mass is 79.9. The molecule has 1 aromatic rings. The maximum absolute atomic E-state index is 6.11. The van der Waals surface area contributed by atoms with Crippen molar-refractivity contribution in [1.29, 1.82) is 0 Å². The van der Waals surface area contributed by atoms with Crippen LogP contribution in [0.3, 0.4) is 0 Å². The van der Waals surface area contributed by atoms with Gasteiger partial charge in [-0.2, -0.15) is 0 Å². The molecule has 0 aliphatic carbocycles. The Balaban J connectivity index is 2.25. The molecule has 0 saturated carbocycles. The van der Waals surface area contributed by atoms with Crippen molar-refractivity contribution in [3.8, 4) is 0 Å². The van der Waals surface area contributed by atoms with Crippen molar-refractivity contribution in [1.82, 2.24) is 0 Å². The van der Waals surface area contributed by atoms with E-state index in [1.165, 1.54) is 5.56 Å². The summed E-state index contributed by atoms with van der Waals surface area (Å²) in [4.78, 5) is 0. The SMILES string of the molecule is Cc1cc(C(N)C2=CCCO2)ccc1Br. The lowest BCUT2D eigenvalue weighted by molar-refractivity contribution is 0.225. The average molecular weight is 268 g/mol. The van der Waals surface area contributed by atoms with Gasteiger partial charge in [0, 0.05) is 10.9 Å². The Morgan fingerprint density at radius 1 is 1.47 bits per heavy atom. The number of rotatable bonds is 2. The summed E-state index contributed by atoms with van der Waals surface area (Å²) >= 11 is 3.48. The minimum absolute atomic E-state index is 0.126. The lowest BCUT2D eigenvalue weighted by Crippen LogP contribution is -2.13. The molecule has 0 radical (unpaired) electrons. The van der Waals surface area contributed by atoms with Gasteiger partial charge in [0.2, 0.25) is 0 Å². The van der Waals surface area contributed by atoms with Crippen LogP contribution < -0.4 is 5.73 Å². The van der Waals surface area contributed by atoms with Gasteiger partial charge in [-0.15, -0.1) is 0 Å². The maximum Gasteiger partial charge on any atom is 0.113 e. The molecule has 3 heteroatoms. The molecule has 1 aliphatic rings. The van der Waals surface area contributed by atoms with Crippen molar-refractivity contribution >= 4 is 15.9 Å². The Morgan fingerprint density at radius 2 is 2.27 bits per heavy atom. The summed E-state index contributed by atoms with van der Waals surface area (Å²) in [6, 6.07) is 6.03. The summed E-state index contributed by atoms with van der Waals surface area (Å²) in [6.07, 6.45) is 3.04. The quantitative estimate of drug-likeness (QED) is 0.894. The fraction of sp³-hybridized carbons (Fsp3) is 0.333. The topological polar surface area (TPSA) is 35.2 Å². The second-order valence-electron chi connectivity index (χ2n) is 3.73. The van der Waals surface area contributed by atoms with Crippen LogP contribution in [0.1, 0.15) is 23.6 Å². The van der Waals surface area contributed by atoms with E-state index in [9.17, 15) is 0 Å². The van der Waals surface area contributed by atoms with Gasteiger partial charge in [-0.25, -0.2) is 0 Å². The van der Waals surface area contributed by atoms with E-state index in [2.05, 4.69) is 35.0 Å². The van der Waals surface area contributed by atoms with Gasteiger partial charge in [0.25, 0.3) is 0 Å². The number of ether oxygens (including phenoxy) is 1. The largest absolute Gasteiger partial charge is 0.496 e. The number of benzene rings is 1. The van der Waals surface area contributed by atoms with Crippen molar-refractivity contribution in [2.45, 2.75) is 19.4 Å². The number of hydrogen-bond donors (Lipinski definition) is 1. The molecule has 1 aromatic carbocycles. The molecule has 0 spiro atoms. The predicted molar refractivity (Wildman–Crippen MR) is 64.5 cm³/mol. The van der Waals surface area contributed by atoms with Crippen LogP contribution in [0.25, 0.3) is 0 Å². The zero-order chi connectivity index (χ0) is 10.8. The zero-order valence-corrected chi connectivity index (χ0v) is 10.3. The van der Waals surface area contributed by atoms with Gasteiger partial charge in [-0.3, -0.25) is 0 Å². The zero-order valence-electron chi connectivity index (χ0n) is 8.66. The molecule has 0 amide bonds. The smallest absolute Gasteiger partial charge is 0.113 e. The third-order valence-corrected chi connectivity index (χ3v) is 3.47. The van der Waals surface area contributed by atoms with E-state index < -0.39 is 0 Å². The third-order valence-electron chi connectivity index (χ3n) is 2.58. The van der Waals surface area contributed by atoms with Crippen LogP contribution >= 0.6 is 15.9 Å². The molecule has 1 unspecified atom stereocenters. The van der Waals surface area contributed by atoms with Gasteiger partial charge in [-0.1, -0.05) is 28.1 Å². The first-order valence-electron chi connectivity index (χ1n) is 5.03. The Kier molecular flexibility index (Phi) is 3.12. The van der Waals surface area contributed by atoms with Crippen molar-refractivity contribution in [2.24, 2.45) is 5.73 Å². The van der Waals surface area contributed by atoms with Gasteiger partial charge < -0.3 is 10.5 Å². The van der Waals surface area contributed by atoms with Crippen molar-refractivity contribution in [3.05, 3.63) is 45.6 Å². The molecule has 0 fully saturated rings. The first-order valence-corrected chi connectivity index (χ1v) is 5.82. The normalized spacial score (nSPS) is 17.1. The lowest BCUT2D eigenvalue weighted by atomic mass is 10.0. The Hall–Kier alpha value is -0.800. The van der Waals surface area contributed by atoms with Crippen LogP contribution in [-0.4, -0.2) is 6.61 Å². The van der Waals surface area contributed by atoms with Crippen LogP contribution in [0.2, 0.25) is 0 Å². The van der Waals surface area contributed by atoms with Gasteiger partial charge in [-0.05, 0) is 30.2 Å². The Bertz CT molecular complexity index is 401. The van der Waals surface area contributed by atoms with Gasteiger partial charge >= 0.3 is 0 Å². The van der Waals surface area contributed by atoms with Crippen molar-refractivity contribution < 1.29 is 4.74 Å². The molecule has 1 heterocycles. The number of halogens is 1. The minimum Gasteiger partial charge on any atom is -0.496 e. The fourth-order valence-corrected chi connectivity index (χ4v) is 1.93. The summed E-state index contributed by atoms with van der Waals surface area (Å²) in [5, 5.41) is 0. The van der Waals surface area contributed by atoms with Crippen LogP contribution in [-0.2, 0) is 4.74 Å². The first-order chi connectivity index (χ1) is 7.18. The standard InChI is InChI=1S/C12H14BrNO/c1-8-7-9(4-5-10(8)13)12(14)11-3-2-6-15-11/h3-5,7,12H,2,6,14H2,1H3. The monoisotopic (exact) mass is 267 g/mol. The van der Waals surface area contributed by atoms with E-state index in [0.29, 0.717) is 0 Å². The average Bonchev–Trinajstić information content (AvgIpc) is 2.74. The van der Waals surface area contributed by atoms with Gasteiger partial charge in [0.15, 0.2) is 0 Å². The Labute approximate surface area is 98.2 Å². The first kappa shape index (κ1) is 10.7. The maximum atomic E-state index is 6.11. The fourth-order valence-electron chi connectivity index (χ4n) is 1.68. The predicted octanol–water partition coefficient (Wildman–Crippen LogP) is 3.06. The highest BCUT2D eigenvalue weighted by molar-refractivity contribution is 9.10. The Morgan fingerprint density at radius 3 is 2.87 bits per heavy atom. The van der Waals surface area contributed by atoms with E-state index >= 15 is 0 Å². The molecule has 2 rings (SSSR count). The second kappa shape index (κ2) is 4.37. The number of hydrogen-bond acceptors (Lipinski definition) is 2. The van der Waals surface area contributed by atoms with Gasteiger partial charge in [0.1, 0.15) is 5.76 Å². The van der Waals surface area contributed by atoms with Gasteiger partial charge in [0.05, 0.1) is 12.6 Å². The minimum atomic E-state index is -0.126. The summed E-state index contributed by atoms with van der Waals surface area (Å²) in [5.41, 5.74) is 8.41. The summed E-state index contributed by atoms with van der Waals surface area (Å²) in [5.74, 6) is 0.900. The van der Waals surface area contributed by atoms with Crippen molar-refractivity contribution in [3.63, 3.8) is 0 Å². The molecular formula is C12H14BrNO. The molecule has 2 nitrogen and oxygen atoms in total. The highest BCUT2D eigenvalue weighted by Gasteiger charge is 2.16. The van der Waals surface area contributed by atoms with Crippen LogP contribution in [0.15, 0.2) is 34.5 Å². The van der Waals surface area contributed by atoms with Crippen LogP contribution in [0, 0.1) is 6.92 Å². The molecule has 0 aromatic heterocycles. The number of nitrogens with two attached hydrogens (primary N) is 1. The molecule has 0 bridgehead atoms. The molecule has 15 heavy (non-hydrogen) atoms. The van der Waals surface area contributed by atoms with Crippen LogP contribution in [0.4, 0.5) is 0 Å². The van der Waals surface area contributed by atoms with Crippen molar-refractivity contribution in [2.75, 3.05) is 6.61 Å². The summed E-state index contributed by atoms with van der Waals surface area (Å²) in [6.45, 7) is 2.82. The molecule has 1 atom stereocenters. The van der Waals surface area contributed by atoms with E-state index in [0.717, 1.165) is 28.8 Å². The van der Waals surface area contributed by atoms with Crippen LogP contribution in [0.5, 0.6) is 0 Å². The molecule has 1 aliphatic heterocycles. The molecular weight excluding hydrogens is 254 g/mol. The van der Waals surface area contributed by atoms with E-state index in [1.54, 1.807) is 0 Å². The third kappa shape index (κ3) is 2.24. The van der Waals surface area contributed by atoms with E-state index in [1.807, 2.05) is 12.1 Å². The van der Waals surface area contributed by atoms with E-state index in [4.69, 9.17) is 10.5 Å². The molecule has 2 N–H and O–H groups in total. The summed E-state index contributed by atoms with van der Waals surface area (Å²) < 4.78 is 6.57. The van der Waals surface area contributed by atoms with E-state index in [-0.39, 0.29) is 6.04 Å². The summed E-state index contributed by atoms with van der Waals surface area (Å²) in [7, 11) is 0. The number of aryl methyl sites for hydroxylation is 1. The second-order valence-corrected chi connectivity index (χ2v) is 4.58. The lowest BCUT2D eigenvalue weighted by Gasteiger charge is -2.14.